The van der Waals surface area contributed by atoms with Crippen LogP contribution >= 0.6 is 12.2 Å². The van der Waals surface area contributed by atoms with Crippen molar-refractivity contribution in [1.29, 1.82) is 0 Å². The standard InChI is InChI=1S/C16H26N4S/c1-5-7-12-13-14(19(4)18-12)20(15(21)17-13)11-8-6-9-16(2,3)10-11/h11H,5-10H2,1-4H3,(H,17,21). The number of nitrogens with one attached hydrogen (secondary N) is 1. The summed E-state index contributed by atoms with van der Waals surface area (Å²) in [5.74, 6) is 0. The highest BCUT2D eigenvalue weighted by Crippen LogP contribution is 2.42. The van der Waals surface area contributed by atoms with E-state index in [0.29, 0.717) is 11.5 Å². The number of fused-ring (bicyclic) bond motifs is 1. The highest BCUT2D eigenvalue weighted by Gasteiger charge is 2.31. The minimum absolute atomic E-state index is 0.409. The normalized spacial score (nSPS) is 22.0. The molecule has 0 bridgehead atoms. The molecule has 0 radical (unpaired) electrons. The Bertz CT molecular complexity index is 704. The van der Waals surface area contributed by atoms with Gasteiger partial charge < -0.3 is 4.98 Å². The first-order valence-electron chi connectivity index (χ1n) is 8.09. The molecule has 0 aliphatic heterocycles. The van der Waals surface area contributed by atoms with Crippen molar-refractivity contribution in [2.45, 2.75) is 65.3 Å². The molecule has 1 saturated carbocycles. The summed E-state index contributed by atoms with van der Waals surface area (Å²) in [7, 11) is 2.04. The van der Waals surface area contributed by atoms with E-state index in [-0.39, 0.29) is 0 Å². The smallest absolute Gasteiger partial charge is 0.179 e. The lowest BCUT2D eigenvalue weighted by atomic mass is 9.75. The van der Waals surface area contributed by atoms with Crippen LogP contribution in [0.2, 0.25) is 0 Å². The number of imidazole rings is 1. The maximum Gasteiger partial charge on any atom is 0.179 e. The van der Waals surface area contributed by atoms with E-state index in [2.05, 4.69) is 30.3 Å². The van der Waals surface area contributed by atoms with E-state index in [1.165, 1.54) is 31.3 Å². The van der Waals surface area contributed by atoms with E-state index >= 15 is 0 Å². The molecule has 4 nitrogen and oxygen atoms in total. The summed E-state index contributed by atoms with van der Waals surface area (Å²) < 4.78 is 5.20. The van der Waals surface area contributed by atoms with Gasteiger partial charge in [0, 0.05) is 13.1 Å². The third-order valence-electron chi connectivity index (χ3n) is 4.80. The van der Waals surface area contributed by atoms with Crippen molar-refractivity contribution in [2.24, 2.45) is 12.5 Å². The van der Waals surface area contributed by atoms with Crippen molar-refractivity contribution in [3.8, 4) is 0 Å². The van der Waals surface area contributed by atoms with Gasteiger partial charge in [-0.3, -0.25) is 9.25 Å². The van der Waals surface area contributed by atoms with Crippen LogP contribution in [-0.4, -0.2) is 19.3 Å². The van der Waals surface area contributed by atoms with E-state index < -0.39 is 0 Å². The number of H-pyrrole nitrogens is 1. The van der Waals surface area contributed by atoms with Crippen LogP contribution in [0.5, 0.6) is 0 Å². The SMILES string of the molecule is CCCc1nn(C)c2c1[nH]c(=S)n2C1CCCC(C)(C)C1. The Kier molecular flexibility index (Phi) is 3.72. The average molecular weight is 306 g/mol. The predicted octanol–water partition coefficient (Wildman–Crippen LogP) is 4.53. The van der Waals surface area contributed by atoms with Gasteiger partial charge in [0.2, 0.25) is 0 Å². The van der Waals surface area contributed by atoms with Gasteiger partial charge in [0.1, 0.15) is 5.52 Å². The topological polar surface area (TPSA) is 38.5 Å². The van der Waals surface area contributed by atoms with Crippen LogP contribution < -0.4 is 0 Å². The van der Waals surface area contributed by atoms with E-state index in [1.54, 1.807) is 0 Å². The zero-order valence-corrected chi connectivity index (χ0v) is 14.4. The van der Waals surface area contributed by atoms with E-state index in [9.17, 15) is 0 Å². The van der Waals surface area contributed by atoms with Gasteiger partial charge >= 0.3 is 0 Å². The molecule has 1 unspecified atom stereocenters. The summed E-state index contributed by atoms with van der Waals surface area (Å²) in [4.78, 5) is 3.42. The number of nitrogens with zero attached hydrogens (tertiary/aromatic N) is 3. The van der Waals surface area contributed by atoms with Crippen molar-refractivity contribution in [1.82, 2.24) is 19.3 Å². The lowest BCUT2D eigenvalue weighted by molar-refractivity contribution is 0.184. The lowest BCUT2D eigenvalue weighted by Crippen LogP contribution is -2.25. The Labute approximate surface area is 131 Å². The molecular weight excluding hydrogens is 280 g/mol. The van der Waals surface area contributed by atoms with Crippen LogP contribution in [0.1, 0.15) is 64.6 Å². The number of aryl methyl sites for hydroxylation is 2. The summed E-state index contributed by atoms with van der Waals surface area (Å²) in [5.41, 5.74) is 3.88. The molecule has 1 aliphatic rings. The molecule has 3 rings (SSSR count). The highest BCUT2D eigenvalue weighted by molar-refractivity contribution is 7.71. The van der Waals surface area contributed by atoms with Gasteiger partial charge in [0.15, 0.2) is 10.4 Å². The van der Waals surface area contributed by atoms with Gasteiger partial charge in [-0.05, 0) is 43.3 Å². The molecule has 116 valence electrons. The Hall–Kier alpha value is -1.10. The van der Waals surface area contributed by atoms with Gasteiger partial charge in [-0.25, -0.2) is 0 Å². The van der Waals surface area contributed by atoms with Crippen molar-refractivity contribution < 1.29 is 0 Å². The zero-order valence-electron chi connectivity index (χ0n) is 13.6. The number of aromatic nitrogens is 4. The molecule has 2 aromatic heterocycles. The highest BCUT2D eigenvalue weighted by atomic mass is 32.1. The Morgan fingerprint density at radius 3 is 2.86 bits per heavy atom. The number of rotatable bonds is 3. The summed E-state index contributed by atoms with van der Waals surface area (Å²) >= 11 is 5.63. The summed E-state index contributed by atoms with van der Waals surface area (Å²) in [5, 5.41) is 4.69. The molecule has 21 heavy (non-hydrogen) atoms. The summed E-state index contributed by atoms with van der Waals surface area (Å²) in [6.07, 6.45) is 7.13. The fraction of sp³-hybridized carbons (Fsp3) is 0.750. The Morgan fingerprint density at radius 1 is 1.43 bits per heavy atom. The van der Waals surface area contributed by atoms with Crippen molar-refractivity contribution in [2.75, 3.05) is 0 Å². The Morgan fingerprint density at radius 2 is 2.19 bits per heavy atom. The Balaban J connectivity index is 2.10. The molecule has 0 aromatic carbocycles. The average Bonchev–Trinajstić information content (AvgIpc) is 2.87. The molecule has 1 fully saturated rings. The van der Waals surface area contributed by atoms with Gasteiger partial charge in [-0.2, -0.15) is 5.10 Å². The lowest BCUT2D eigenvalue weighted by Gasteiger charge is -2.35. The van der Waals surface area contributed by atoms with E-state index in [0.717, 1.165) is 28.8 Å². The molecule has 1 N–H and O–H groups in total. The third kappa shape index (κ3) is 2.56. The fourth-order valence-electron chi connectivity index (χ4n) is 3.87. The van der Waals surface area contributed by atoms with Crippen LogP contribution in [0.3, 0.4) is 0 Å². The molecule has 0 saturated heterocycles. The number of hydrogen-bond donors (Lipinski definition) is 1. The summed E-state index contributed by atoms with van der Waals surface area (Å²) in [6, 6.07) is 0.500. The van der Waals surface area contributed by atoms with E-state index in [1.807, 2.05) is 11.7 Å². The maximum atomic E-state index is 5.63. The van der Waals surface area contributed by atoms with Gasteiger partial charge in [0.25, 0.3) is 0 Å². The second-order valence-electron chi connectivity index (χ2n) is 7.23. The minimum atomic E-state index is 0.409. The molecular formula is C16H26N4S. The van der Waals surface area contributed by atoms with Crippen LogP contribution in [0.4, 0.5) is 0 Å². The first-order chi connectivity index (χ1) is 9.93. The minimum Gasteiger partial charge on any atom is -0.328 e. The molecule has 1 atom stereocenters. The maximum absolute atomic E-state index is 5.63. The number of hydrogen-bond acceptors (Lipinski definition) is 2. The van der Waals surface area contributed by atoms with Crippen LogP contribution in [0.25, 0.3) is 11.2 Å². The first-order valence-corrected chi connectivity index (χ1v) is 8.50. The monoisotopic (exact) mass is 306 g/mol. The first kappa shape index (κ1) is 14.8. The molecule has 0 spiro atoms. The summed E-state index contributed by atoms with van der Waals surface area (Å²) in [6.45, 7) is 6.94. The second kappa shape index (κ2) is 5.27. The van der Waals surface area contributed by atoms with Gasteiger partial charge in [0.05, 0.1) is 5.69 Å². The largest absolute Gasteiger partial charge is 0.328 e. The molecule has 2 aromatic rings. The third-order valence-corrected chi connectivity index (χ3v) is 5.10. The molecule has 1 aliphatic carbocycles. The van der Waals surface area contributed by atoms with Crippen molar-refractivity contribution in [3.63, 3.8) is 0 Å². The second-order valence-corrected chi connectivity index (χ2v) is 7.62. The van der Waals surface area contributed by atoms with Crippen LogP contribution in [0, 0.1) is 10.2 Å². The van der Waals surface area contributed by atoms with Crippen LogP contribution in [0.15, 0.2) is 0 Å². The zero-order chi connectivity index (χ0) is 15.2. The number of aromatic amines is 1. The molecule has 5 heteroatoms. The quantitative estimate of drug-likeness (QED) is 0.846. The van der Waals surface area contributed by atoms with Gasteiger partial charge in [-0.15, -0.1) is 0 Å². The predicted molar refractivity (Wildman–Crippen MR) is 89.2 cm³/mol. The fourth-order valence-corrected chi connectivity index (χ4v) is 4.20. The van der Waals surface area contributed by atoms with Gasteiger partial charge in [-0.1, -0.05) is 33.6 Å². The van der Waals surface area contributed by atoms with E-state index in [4.69, 9.17) is 17.3 Å². The molecule has 2 heterocycles. The van der Waals surface area contributed by atoms with Crippen molar-refractivity contribution in [3.05, 3.63) is 10.5 Å². The molecule has 0 amide bonds. The van der Waals surface area contributed by atoms with Crippen LogP contribution in [-0.2, 0) is 13.5 Å². The van der Waals surface area contributed by atoms with Crippen molar-refractivity contribution >= 4 is 23.4 Å².